The summed E-state index contributed by atoms with van der Waals surface area (Å²) in [5.74, 6) is 0. The molecule has 4 heteroatoms. The van der Waals surface area contributed by atoms with Crippen molar-refractivity contribution >= 4 is 6.09 Å². The smallest absolute Gasteiger partial charge is 0.411 e. The third kappa shape index (κ3) is 3.38. The van der Waals surface area contributed by atoms with Crippen molar-refractivity contribution in [2.45, 2.75) is 58.2 Å². The molecule has 0 spiro atoms. The van der Waals surface area contributed by atoms with Crippen LogP contribution in [0.25, 0.3) is 0 Å². The first-order valence-corrected chi connectivity index (χ1v) is 5.52. The molecule has 15 heavy (non-hydrogen) atoms. The van der Waals surface area contributed by atoms with Gasteiger partial charge in [-0.15, -0.1) is 0 Å². The van der Waals surface area contributed by atoms with Crippen LogP contribution in [0.15, 0.2) is 0 Å². The van der Waals surface area contributed by atoms with E-state index in [2.05, 4.69) is 0 Å². The number of carbonyl (C=O) groups is 1. The average molecular weight is 214 g/mol. The molecule has 0 aliphatic carbocycles. The molecule has 1 saturated heterocycles. The number of nitrogens with two attached hydrogens (primary N) is 1. The predicted octanol–water partition coefficient (Wildman–Crippen LogP) is 2.08. The number of likely N-dealkylation sites (tertiary alicyclic amines) is 1. The van der Waals surface area contributed by atoms with Gasteiger partial charge >= 0.3 is 6.09 Å². The number of ether oxygens (including phenoxy) is 1. The van der Waals surface area contributed by atoms with Crippen molar-refractivity contribution in [3.8, 4) is 0 Å². The maximum absolute atomic E-state index is 11.9. The van der Waals surface area contributed by atoms with Gasteiger partial charge in [-0.25, -0.2) is 4.79 Å². The van der Waals surface area contributed by atoms with Crippen LogP contribution in [0.2, 0.25) is 0 Å². The molecular formula is C11H22N2O2. The second kappa shape index (κ2) is 4.00. The van der Waals surface area contributed by atoms with Crippen LogP contribution >= 0.6 is 0 Å². The van der Waals surface area contributed by atoms with Gasteiger partial charge in [-0.05, 0) is 47.0 Å². The number of rotatable bonds is 0. The summed E-state index contributed by atoms with van der Waals surface area (Å²) in [5, 5.41) is 0. The molecule has 1 aliphatic heterocycles. The van der Waals surface area contributed by atoms with Crippen LogP contribution < -0.4 is 5.73 Å². The van der Waals surface area contributed by atoms with Crippen molar-refractivity contribution in [2.24, 2.45) is 5.73 Å². The van der Waals surface area contributed by atoms with E-state index in [1.165, 1.54) is 0 Å². The van der Waals surface area contributed by atoms with Gasteiger partial charge in [-0.2, -0.15) is 0 Å². The SMILES string of the molecule is CC(C)(C)OC(=O)N1CCCCC1(C)N. The standard InChI is InChI=1S/C11H22N2O2/c1-10(2,3)15-9(14)13-8-6-5-7-11(13,4)12/h5-8,12H2,1-4H3. The molecule has 0 saturated carbocycles. The first-order valence-electron chi connectivity index (χ1n) is 5.52. The highest BCUT2D eigenvalue weighted by molar-refractivity contribution is 5.69. The van der Waals surface area contributed by atoms with Gasteiger partial charge in [0.1, 0.15) is 5.60 Å². The lowest BCUT2D eigenvalue weighted by Crippen LogP contribution is -2.59. The minimum absolute atomic E-state index is 0.299. The molecule has 0 bridgehead atoms. The lowest BCUT2D eigenvalue weighted by atomic mass is 9.98. The van der Waals surface area contributed by atoms with Gasteiger partial charge < -0.3 is 10.5 Å². The topological polar surface area (TPSA) is 55.6 Å². The Kier molecular flexibility index (Phi) is 3.28. The summed E-state index contributed by atoms with van der Waals surface area (Å²) in [6.07, 6.45) is 2.62. The van der Waals surface area contributed by atoms with Crippen LogP contribution in [0.3, 0.4) is 0 Å². The van der Waals surface area contributed by atoms with Gasteiger partial charge in [-0.3, -0.25) is 4.90 Å². The molecule has 0 aromatic carbocycles. The van der Waals surface area contributed by atoms with Crippen molar-refractivity contribution in [2.75, 3.05) is 6.54 Å². The van der Waals surface area contributed by atoms with Gasteiger partial charge in [0.2, 0.25) is 0 Å². The van der Waals surface area contributed by atoms with E-state index in [-0.39, 0.29) is 6.09 Å². The maximum Gasteiger partial charge on any atom is 0.411 e. The number of nitrogens with zero attached hydrogens (tertiary/aromatic N) is 1. The molecule has 4 nitrogen and oxygen atoms in total. The fraction of sp³-hybridized carbons (Fsp3) is 0.909. The Morgan fingerprint density at radius 3 is 2.47 bits per heavy atom. The predicted molar refractivity (Wildman–Crippen MR) is 59.4 cm³/mol. The zero-order valence-electron chi connectivity index (χ0n) is 10.2. The lowest BCUT2D eigenvalue weighted by molar-refractivity contribution is -0.00940. The van der Waals surface area contributed by atoms with E-state index in [0.717, 1.165) is 19.3 Å². The summed E-state index contributed by atoms with van der Waals surface area (Å²) >= 11 is 0. The molecular weight excluding hydrogens is 192 g/mol. The number of carbonyl (C=O) groups excluding carboxylic acids is 1. The van der Waals surface area contributed by atoms with Gasteiger partial charge in [0.25, 0.3) is 0 Å². The lowest BCUT2D eigenvalue weighted by Gasteiger charge is -2.42. The number of amides is 1. The molecule has 1 fully saturated rings. The quantitative estimate of drug-likeness (QED) is 0.671. The number of piperidine rings is 1. The van der Waals surface area contributed by atoms with Crippen LogP contribution in [0, 0.1) is 0 Å². The molecule has 1 unspecified atom stereocenters. The van der Waals surface area contributed by atoms with Crippen LogP contribution in [0.4, 0.5) is 4.79 Å². The Labute approximate surface area is 91.8 Å². The minimum atomic E-state index is -0.555. The van der Waals surface area contributed by atoms with E-state index in [1.54, 1.807) is 4.90 Å². The van der Waals surface area contributed by atoms with Crippen LogP contribution in [-0.2, 0) is 4.74 Å². The average Bonchev–Trinajstić information content (AvgIpc) is 1.99. The molecule has 2 N–H and O–H groups in total. The van der Waals surface area contributed by atoms with Crippen LogP contribution in [-0.4, -0.2) is 28.8 Å². The summed E-state index contributed by atoms with van der Waals surface area (Å²) < 4.78 is 5.32. The van der Waals surface area contributed by atoms with Gasteiger partial charge in [0, 0.05) is 6.54 Å². The van der Waals surface area contributed by atoms with Gasteiger partial charge in [0.05, 0.1) is 5.66 Å². The van der Waals surface area contributed by atoms with E-state index in [0.29, 0.717) is 6.54 Å². The van der Waals surface area contributed by atoms with E-state index in [1.807, 2.05) is 27.7 Å². The fourth-order valence-electron chi connectivity index (χ4n) is 1.76. The largest absolute Gasteiger partial charge is 0.444 e. The molecule has 0 aromatic heterocycles. The highest BCUT2D eigenvalue weighted by Gasteiger charge is 2.36. The summed E-state index contributed by atoms with van der Waals surface area (Å²) in [6.45, 7) is 8.17. The Morgan fingerprint density at radius 2 is 2.00 bits per heavy atom. The Balaban J connectivity index is 2.65. The zero-order valence-corrected chi connectivity index (χ0v) is 10.2. The Hall–Kier alpha value is -0.770. The summed E-state index contributed by atoms with van der Waals surface area (Å²) in [6, 6.07) is 0. The Morgan fingerprint density at radius 1 is 1.40 bits per heavy atom. The summed E-state index contributed by atoms with van der Waals surface area (Å²) in [7, 11) is 0. The van der Waals surface area contributed by atoms with Crippen molar-refractivity contribution in [3.63, 3.8) is 0 Å². The van der Waals surface area contributed by atoms with E-state index >= 15 is 0 Å². The molecule has 1 amide bonds. The highest BCUT2D eigenvalue weighted by atomic mass is 16.6. The molecule has 1 aliphatic rings. The summed E-state index contributed by atoms with van der Waals surface area (Å²) in [4.78, 5) is 13.5. The molecule has 0 radical (unpaired) electrons. The second-order valence-electron chi connectivity index (χ2n) is 5.45. The normalized spacial score (nSPS) is 27.7. The van der Waals surface area contributed by atoms with Crippen molar-refractivity contribution in [1.29, 1.82) is 0 Å². The first-order chi connectivity index (χ1) is 6.72. The summed E-state index contributed by atoms with van der Waals surface area (Å²) in [5.41, 5.74) is 5.06. The number of hydrogen-bond donors (Lipinski definition) is 1. The van der Waals surface area contributed by atoms with Crippen molar-refractivity contribution in [3.05, 3.63) is 0 Å². The van der Waals surface area contributed by atoms with Crippen molar-refractivity contribution < 1.29 is 9.53 Å². The third-order valence-electron chi connectivity index (χ3n) is 2.55. The Bertz CT molecular complexity index is 243. The van der Waals surface area contributed by atoms with Crippen LogP contribution in [0.5, 0.6) is 0 Å². The van der Waals surface area contributed by atoms with E-state index in [9.17, 15) is 4.79 Å². The third-order valence-corrected chi connectivity index (χ3v) is 2.55. The van der Waals surface area contributed by atoms with E-state index < -0.39 is 11.3 Å². The minimum Gasteiger partial charge on any atom is -0.444 e. The number of hydrogen-bond acceptors (Lipinski definition) is 3. The zero-order chi connectivity index (χ0) is 11.7. The first kappa shape index (κ1) is 12.3. The second-order valence-corrected chi connectivity index (χ2v) is 5.45. The molecule has 1 heterocycles. The molecule has 88 valence electrons. The van der Waals surface area contributed by atoms with Gasteiger partial charge in [0.15, 0.2) is 0 Å². The van der Waals surface area contributed by atoms with E-state index in [4.69, 9.17) is 10.5 Å². The fourth-order valence-corrected chi connectivity index (χ4v) is 1.76. The molecule has 1 atom stereocenters. The molecule has 0 aromatic rings. The van der Waals surface area contributed by atoms with Crippen LogP contribution in [0.1, 0.15) is 47.0 Å². The molecule has 1 rings (SSSR count). The van der Waals surface area contributed by atoms with Crippen molar-refractivity contribution in [1.82, 2.24) is 4.90 Å². The highest BCUT2D eigenvalue weighted by Crippen LogP contribution is 2.24. The van der Waals surface area contributed by atoms with Gasteiger partial charge in [-0.1, -0.05) is 0 Å². The maximum atomic E-state index is 11.9. The monoisotopic (exact) mass is 214 g/mol.